The summed E-state index contributed by atoms with van der Waals surface area (Å²) in [7, 11) is 4.02. The average molecular weight is 528 g/mol. The predicted molar refractivity (Wildman–Crippen MR) is 151 cm³/mol. The van der Waals surface area contributed by atoms with Crippen LogP contribution in [0.5, 0.6) is 0 Å². The first-order valence-corrected chi connectivity index (χ1v) is 13.1. The zero-order chi connectivity index (χ0) is 27.5. The molecule has 0 aliphatic carbocycles. The van der Waals surface area contributed by atoms with Crippen molar-refractivity contribution in [3.05, 3.63) is 47.8 Å². The van der Waals surface area contributed by atoms with Crippen LogP contribution in [0.4, 0.5) is 17.5 Å². The minimum Gasteiger partial charge on any atom is -0.354 e. The molecule has 0 spiro atoms. The number of carbonyl (C=O) groups excluding carboxylic acids is 1. The standard InChI is InChI=1S/C27H33N11O/c1-16-15-37(12-11-35(16)5)22-13-18(9-10-28-22)24-20-14-19(7-8-21(20)30-31-24)29-25(39)23-17(2)36(6)26-32-33-34-38(26)27(23,3)4/h7-10,13-14,16H,11-12,15H2,1-6H3,(H,29,39)(H,30,31)/t16-/m0/s1. The lowest BCUT2D eigenvalue weighted by molar-refractivity contribution is -0.113. The maximum atomic E-state index is 13.7. The number of likely N-dealkylation sites (N-methyl/N-ethyl adjacent to an activating group) is 1. The normalized spacial score (nSPS) is 19.5. The molecule has 0 unspecified atom stereocenters. The number of allylic oxidation sites excluding steroid dienone is 1. The van der Waals surface area contributed by atoms with Crippen LogP contribution in [-0.2, 0) is 10.3 Å². The molecule has 1 atom stereocenters. The topological polar surface area (TPSA) is 124 Å². The second-order valence-corrected chi connectivity index (χ2v) is 10.9. The largest absolute Gasteiger partial charge is 0.354 e. The zero-order valence-corrected chi connectivity index (χ0v) is 23.1. The van der Waals surface area contributed by atoms with E-state index in [9.17, 15) is 4.79 Å². The molecular weight excluding hydrogens is 494 g/mol. The Labute approximate surface area is 226 Å². The van der Waals surface area contributed by atoms with Crippen molar-refractivity contribution in [1.82, 2.24) is 40.3 Å². The molecule has 4 aromatic rings. The summed E-state index contributed by atoms with van der Waals surface area (Å²) in [6.07, 6.45) is 1.84. The van der Waals surface area contributed by atoms with Gasteiger partial charge in [-0.3, -0.25) is 9.89 Å². The molecule has 12 heteroatoms. The third-order valence-corrected chi connectivity index (χ3v) is 8.11. The zero-order valence-electron chi connectivity index (χ0n) is 23.1. The second kappa shape index (κ2) is 9.16. The van der Waals surface area contributed by atoms with Crippen LogP contribution in [0.2, 0.25) is 0 Å². The molecular formula is C27H33N11O. The van der Waals surface area contributed by atoms with E-state index in [1.54, 1.807) is 4.68 Å². The lowest BCUT2D eigenvalue weighted by atomic mass is 9.89. The van der Waals surface area contributed by atoms with Gasteiger partial charge in [0.2, 0.25) is 5.95 Å². The van der Waals surface area contributed by atoms with Crippen LogP contribution in [0.25, 0.3) is 22.2 Å². The van der Waals surface area contributed by atoms with Crippen molar-refractivity contribution in [1.29, 1.82) is 0 Å². The van der Waals surface area contributed by atoms with Gasteiger partial charge < -0.3 is 20.0 Å². The van der Waals surface area contributed by atoms with Crippen LogP contribution < -0.4 is 15.1 Å². The van der Waals surface area contributed by atoms with Crippen molar-refractivity contribution in [2.45, 2.75) is 39.3 Å². The van der Waals surface area contributed by atoms with E-state index in [0.717, 1.165) is 53.3 Å². The van der Waals surface area contributed by atoms with Gasteiger partial charge in [0.25, 0.3) is 5.91 Å². The van der Waals surface area contributed by atoms with Crippen molar-refractivity contribution < 1.29 is 4.79 Å². The highest BCUT2D eigenvalue weighted by Gasteiger charge is 2.41. The van der Waals surface area contributed by atoms with E-state index in [2.05, 4.69) is 65.9 Å². The average Bonchev–Trinajstić information content (AvgIpc) is 3.57. The van der Waals surface area contributed by atoms with Crippen LogP contribution in [0.15, 0.2) is 47.8 Å². The van der Waals surface area contributed by atoms with E-state index in [0.29, 0.717) is 23.3 Å². The number of benzene rings is 1. The highest BCUT2D eigenvalue weighted by atomic mass is 16.1. The van der Waals surface area contributed by atoms with Gasteiger partial charge >= 0.3 is 0 Å². The molecule has 2 aliphatic rings. The number of tetrazole rings is 1. The van der Waals surface area contributed by atoms with E-state index >= 15 is 0 Å². The van der Waals surface area contributed by atoms with Gasteiger partial charge in [-0.25, -0.2) is 9.67 Å². The first-order valence-electron chi connectivity index (χ1n) is 13.1. The first kappa shape index (κ1) is 25.0. The summed E-state index contributed by atoms with van der Waals surface area (Å²) in [5.41, 5.74) is 4.03. The number of aromatic nitrogens is 7. The van der Waals surface area contributed by atoms with Crippen LogP contribution >= 0.6 is 0 Å². The molecule has 1 saturated heterocycles. The number of fused-ring (bicyclic) bond motifs is 2. The fourth-order valence-corrected chi connectivity index (χ4v) is 5.56. The van der Waals surface area contributed by atoms with E-state index in [1.807, 2.05) is 63.2 Å². The fraction of sp³-hybridized carbons (Fsp3) is 0.407. The fourth-order valence-electron chi connectivity index (χ4n) is 5.56. The molecule has 5 heterocycles. The van der Waals surface area contributed by atoms with Crippen LogP contribution in [0.1, 0.15) is 27.7 Å². The summed E-state index contributed by atoms with van der Waals surface area (Å²) >= 11 is 0. The number of anilines is 3. The molecule has 0 radical (unpaired) electrons. The lowest BCUT2D eigenvalue weighted by Crippen LogP contribution is -2.50. The van der Waals surface area contributed by atoms with E-state index in [1.165, 1.54) is 0 Å². The van der Waals surface area contributed by atoms with Crippen LogP contribution in [-0.4, -0.2) is 86.0 Å². The number of amides is 1. The Morgan fingerprint density at radius 1 is 1.15 bits per heavy atom. The molecule has 1 amide bonds. The Balaban J connectivity index is 1.30. The Morgan fingerprint density at radius 3 is 2.77 bits per heavy atom. The van der Waals surface area contributed by atoms with E-state index in [-0.39, 0.29) is 5.91 Å². The van der Waals surface area contributed by atoms with Crippen LogP contribution in [0, 0.1) is 0 Å². The number of rotatable bonds is 4. The molecule has 202 valence electrons. The number of carbonyl (C=O) groups is 1. The third-order valence-electron chi connectivity index (χ3n) is 8.11. The molecule has 3 aromatic heterocycles. The highest BCUT2D eigenvalue weighted by Crippen LogP contribution is 2.37. The molecule has 1 aromatic carbocycles. The van der Waals surface area contributed by atoms with Crippen molar-refractivity contribution in [2.75, 3.05) is 48.8 Å². The van der Waals surface area contributed by atoms with Crippen LogP contribution in [0.3, 0.4) is 0 Å². The van der Waals surface area contributed by atoms with Gasteiger partial charge in [0.05, 0.1) is 16.6 Å². The number of aromatic amines is 1. The summed E-state index contributed by atoms with van der Waals surface area (Å²) in [6.45, 7) is 10.9. The molecule has 39 heavy (non-hydrogen) atoms. The van der Waals surface area contributed by atoms with Gasteiger partial charge in [-0.1, -0.05) is 5.10 Å². The summed E-state index contributed by atoms with van der Waals surface area (Å²) in [5, 5.41) is 23.8. The van der Waals surface area contributed by atoms with Crippen molar-refractivity contribution >= 4 is 34.3 Å². The quantitative estimate of drug-likeness (QED) is 0.412. The molecule has 1 fully saturated rings. The number of pyridine rings is 1. The molecule has 0 bridgehead atoms. The van der Waals surface area contributed by atoms with Gasteiger partial charge in [0.15, 0.2) is 0 Å². The van der Waals surface area contributed by atoms with Crippen molar-refractivity contribution in [3.63, 3.8) is 0 Å². The van der Waals surface area contributed by atoms with Crippen molar-refractivity contribution in [3.8, 4) is 11.3 Å². The maximum Gasteiger partial charge on any atom is 0.255 e. The highest BCUT2D eigenvalue weighted by molar-refractivity contribution is 6.07. The lowest BCUT2D eigenvalue weighted by Gasteiger charge is -2.38. The number of piperazine rings is 1. The molecule has 2 aliphatic heterocycles. The first-order chi connectivity index (χ1) is 18.6. The Kier molecular flexibility index (Phi) is 5.87. The van der Waals surface area contributed by atoms with Gasteiger partial charge in [0, 0.05) is 61.3 Å². The number of nitrogens with one attached hydrogen (secondary N) is 2. The molecule has 12 nitrogen and oxygen atoms in total. The third kappa shape index (κ3) is 4.11. The minimum atomic E-state index is -0.724. The summed E-state index contributed by atoms with van der Waals surface area (Å²) in [6, 6.07) is 10.3. The number of hydrogen-bond acceptors (Lipinski definition) is 9. The SMILES string of the molecule is CC1=C(C(=O)Nc2ccc3[nH]nc(-c4ccnc(N5CCN(C)[C@@H](C)C5)c4)c3c2)C(C)(C)n2nnnc2N1C. The number of nitrogens with zero attached hydrogens (tertiary/aromatic N) is 9. The minimum absolute atomic E-state index is 0.203. The predicted octanol–water partition coefficient (Wildman–Crippen LogP) is 2.85. The van der Waals surface area contributed by atoms with Gasteiger partial charge in [0.1, 0.15) is 11.5 Å². The number of H-pyrrole nitrogens is 1. The van der Waals surface area contributed by atoms with E-state index in [4.69, 9.17) is 0 Å². The van der Waals surface area contributed by atoms with Gasteiger partial charge in [-0.15, -0.1) is 0 Å². The molecule has 6 rings (SSSR count). The molecule has 0 saturated carbocycles. The molecule has 2 N–H and O–H groups in total. The summed E-state index contributed by atoms with van der Waals surface area (Å²) < 4.78 is 1.68. The van der Waals surface area contributed by atoms with Crippen molar-refractivity contribution in [2.24, 2.45) is 0 Å². The van der Waals surface area contributed by atoms with E-state index < -0.39 is 5.54 Å². The second-order valence-electron chi connectivity index (χ2n) is 10.9. The summed E-state index contributed by atoms with van der Waals surface area (Å²) in [4.78, 5) is 24.8. The number of hydrogen-bond donors (Lipinski definition) is 2. The van der Waals surface area contributed by atoms with Gasteiger partial charge in [-0.05, 0) is 75.5 Å². The smallest absolute Gasteiger partial charge is 0.255 e. The monoisotopic (exact) mass is 527 g/mol. The Hall–Kier alpha value is -4.32. The summed E-state index contributed by atoms with van der Waals surface area (Å²) in [5.74, 6) is 1.34. The van der Waals surface area contributed by atoms with Gasteiger partial charge in [-0.2, -0.15) is 5.10 Å². The Bertz CT molecular complexity index is 1600. The Morgan fingerprint density at radius 2 is 1.97 bits per heavy atom. The maximum absolute atomic E-state index is 13.7.